The number of carbonyl (C=O) groups is 2. The first-order chi connectivity index (χ1) is 18.8. The highest BCUT2D eigenvalue weighted by molar-refractivity contribution is 6.46. The summed E-state index contributed by atoms with van der Waals surface area (Å²) in [6.45, 7) is 7.21. The highest BCUT2D eigenvalue weighted by atomic mass is 16.5. The van der Waals surface area contributed by atoms with Gasteiger partial charge in [0.2, 0.25) is 0 Å². The van der Waals surface area contributed by atoms with Crippen molar-refractivity contribution in [1.29, 1.82) is 0 Å². The van der Waals surface area contributed by atoms with E-state index in [0.29, 0.717) is 29.6 Å². The van der Waals surface area contributed by atoms with Gasteiger partial charge in [0.15, 0.2) is 0 Å². The molecular weight excluding hydrogens is 490 g/mol. The number of nitrogens with zero attached hydrogens (tertiary/aromatic N) is 1. The van der Waals surface area contributed by atoms with Gasteiger partial charge in [0.1, 0.15) is 17.3 Å². The number of carbonyl (C=O) groups excluding carboxylic acids is 2. The fourth-order valence-corrected chi connectivity index (χ4v) is 4.79. The van der Waals surface area contributed by atoms with Gasteiger partial charge in [0, 0.05) is 12.1 Å². The molecule has 1 atom stereocenters. The van der Waals surface area contributed by atoms with E-state index >= 15 is 0 Å². The number of ketones is 1. The monoisotopic (exact) mass is 527 g/mol. The molecule has 0 saturated carbocycles. The van der Waals surface area contributed by atoms with Gasteiger partial charge in [0.25, 0.3) is 11.7 Å². The molecule has 1 saturated heterocycles. The average Bonchev–Trinajstić information content (AvgIpc) is 3.20. The third-order valence-corrected chi connectivity index (χ3v) is 7.12. The van der Waals surface area contributed by atoms with Crippen molar-refractivity contribution in [2.24, 2.45) is 0 Å². The standard InChI is InChI=1S/C33H37NO5/c1-5-6-7-20-39-28-18-14-26(15-19-28)31(35)29-30(25-12-10-24(11-13-25)22(2)3)34(33(37)32(29)36)21-23-8-16-27(38-4)17-9-23/h8-19,22,30,35H,5-7,20-21H2,1-4H3/b31-29-. The van der Waals surface area contributed by atoms with Gasteiger partial charge in [-0.15, -0.1) is 0 Å². The molecule has 3 aromatic rings. The van der Waals surface area contributed by atoms with Gasteiger partial charge in [-0.05, 0) is 65.4 Å². The number of benzene rings is 3. The lowest BCUT2D eigenvalue weighted by Crippen LogP contribution is -2.29. The molecule has 0 radical (unpaired) electrons. The molecule has 1 aliphatic heterocycles. The van der Waals surface area contributed by atoms with Crippen molar-refractivity contribution in [3.63, 3.8) is 0 Å². The Morgan fingerprint density at radius 1 is 0.897 bits per heavy atom. The highest BCUT2D eigenvalue weighted by Crippen LogP contribution is 2.41. The Balaban J connectivity index is 1.71. The van der Waals surface area contributed by atoms with Crippen LogP contribution in [0, 0.1) is 0 Å². The first-order valence-corrected chi connectivity index (χ1v) is 13.6. The highest BCUT2D eigenvalue weighted by Gasteiger charge is 2.46. The Morgan fingerprint density at radius 3 is 2.13 bits per heavy atom. The molecule has 0 aliphatic carbocycles. The summed E-state index contributed by atoms with van der Waals surface area (Å²) in [7, 11) is 1.60. The van der Waals surface area contributed by atoms with E-state index in [1.807, 2.05) is 48.5 Å². The van der Waals surface area contributed by atoms with Crippen LogP contribution in [0.3, 0.4) is 0 Å². The van der Waals surface area contributed by atoms with Gasteiger partial charge < -0.3 is 19.5 Å². The van der Waals surface area contributed by atoms with Crippen molar-refractivity contribution in [3.05, 3.63) is 101 Å². The second kappa shape index (κ2) is 12.7. The Bertz CT molecular complexity index is 1310. The van der Waals surface area contributed by atoms with Crippen molar-refractivity contribution >= 4 is 17.4 Å². The molecule has 1 fully saturated rings. The Kier molecular flexibility index (Phi) is 9.07. The molecule has 3 aromatic carbocycles. The molecule has 4 rings (SSSR count). The van der Waals surface area contributed by atoms with Crippen molar-refractivity contribution in [2.45, 2.75) is 58.5 Å². The fourth-order valence-electron chi connectivity index (χ4n) is 4.79. The molecule has 0 spiro atoms. The van der Waals surface area contributed by atoms with Crippen LogP contribution in [0.2, 0.25) is 0 Å². The van der Waals surface area contributed by atoms with Crippen LogP contribution in [-0.2, 0) is 16.1 Å². The van der Waals surface area contributed by atoms with E-state index in [1.54, 1.807) is 31.4 Å². The van der Waals surface area contributed by atoms with Gasteiger partial charge in [-0.3, -0.25) is 9.59 Å². The van der Waals surface area contributed by atoms with E-state index in [-0.39, 0.29) is 17.9 Å². The zero-order chi connectivity index (χ0) is 27.9. The van der Waals surface area contributed by atoms with Gasteiger partial charge >= 0.3 is 0 Å². The molecule has 1 aliphatic rings. The number of unbranched alkanes of at least 4 members (excludes halogenated alkanes) is 2. The van der Waals surface area contributed by atoms with Crippen molar-refractivity contribution in [1.82, 2.24) is 4.90 Å². The molecule has 1 amide bonds. The molecule has 204 valence electrons. The van der Waals surface area contributed by atoms with E-state index in [9.17, 15) is 14.7 Å². The number of aliphatic hydroxyl groups excluding tert-OH is 1. The Morgan fingerprint density at radius 2 is 1.54 bits per heavy atom. The van der Waals surface area contributed by atoms with Crippen LogP contribution in [0.25, 0.3) is 5.76 Å². The zero-order valence-corrected chi connectivity index (χ0v) is 23.1. The third kappa shape index (κ3) is 6.33. The minimum absolute atomic E-state index is 0.0856. The summed E-state index contributed by atoms with van der Waals surface area (Å²) in [5.41, 5.74) is 3.32. The lowest BCUT2D eigenvalue weighted by atomic mass is 9.93. The maximum Gasteiger partial charge on any atom is 0.295 e. The van der Waals surface area contributed by atoms with Crippen LogP contribution in [-0.4, -0.2) is 35.4 Å². The number of rotatable bonds is 11. The number of Topliss-reactive ketones (excluding diaryl/α,β-unsaturated/α-hetero) is 1. The molecule has 1 N–H and O–H groups in total. The molecule has 39 heavy (non-hydrogen) atoms. The second-order valence-corrected chi connectivity index (χ2v) is 10.2. The molecule has 0 aromatic heterocycles. The van der Waals surface area contributed by atoms with Crippen LogP contribution in [0.4, 0.5) is 0 Å². The number of amides is 1. The van der Waals surface area contributed by atoms with E-state index in [4.69, 9.17) is 9.47 Å². The zero-order valence-electron chi connectivity index (χ0n) is 23.1. The summed E-state index contributed by atoms with van der Waals surface area (Å²) in [6.07, 6.45) is 3.20. The van der Waals surface area contributed by atoms with Crippen LogP contribution in [0.5, 0.6) is 11.5 Å². The summed E-state index contributed by atoms with van der Waals surface area (Å²) < 4.78 is 11.0. The van der Waals surface area contributed by atoms with Crippen molar-refractivity contribution in [3.8, 4) is 11.5 Å². The van der Waals surface area contributed by atoms with Gasteiger partial charge in [-0.2, -0.15) is 0 Å². The smallest absolute Gasteiger partial charge is 0.295 e. The molecule has 6 heteroatoms. The average molecular weight is 528 g/mol. The van der Waals surface area contributed by atoms with E-state index in [2.05, 4.69) is 20.8 Å². The van der Waals surface area contributed by atoms with E-state index in [0.717, 1.165) is 36.0 Å². The predicted octanol–water partition coefficient (Wildman–Crippen LogP) is 7.01. The number of hydrogen-bond acceptors (Lipinski definition) is 5. The molecule has 1 heterocycles. The van der Waals surface area contributed by atoms with Gasteiger partial charge in [-0.25, -0.2) is 0 Å². The molecule has 6 nitrogen and oxygen atoms in total. The minimum atomic E-state index is -0.724. The Labute approximate surface area is 230 Å². The van der Waals surface area contributed by atoms with Gasteiger partial charge in [0.05, 0.1) is 25.3 Å². The van der Waals surface area contributed by atoms with E-state index < -0.39 is 17.7 Å². The molecular formula is C33H37NO5. The topological polar surface area (TPSA) is 76.1 Å². The minimum Gasteiger partial charge on any atom is -0.507 e. The number of aliphatic hydroxyl groups is 1. The Hall–Kier alpha value is -4.06. The number of likely N-dealkylation sites (tertiary alicyclic amines) is 1. The summed E-state index contributed by atoms with van der Waals surface area (Å²) in [6, 6.07) is 21.6. The lowest BCUT2D eigenvalue weighted by Gasteiger charge is -2.26. The summed E-state index contributed by atoms with van der Waals surface area (Å²) in [5.74, 6) is 0.219. The molecule has 0 bridgehead atoms. The predicted molar refractivity (Wildman–Crippen MR) is 153 cm³/mol. The van der Waals surface area contributed by atoms with Crippen LogP contribution in [0.1, 0.15) is 74.2 Å². The summed E-state index contributed by atoms with van der Waals surface area (Å²) >= 11 is 0. The maximum absolute atomic E-state index is 13.4. The number of ether oxygens (including phenoxy) is 2. The number of hydrogen-bond donors (Lipinski definition) is 1. The molecule has 1 unspecified atom stereocenters. The van der Waals surface area contributed by atoms with Crippen molar-refractivity contribution < 1.29 is 24.2 Å². The largest absolute Gasteiger partial charge is 0.507 e. The first kappa shape index (κ1) is 28.0. The van der Waals surface area contributed by atoms with Gasteiger partial charge in [-0.1, -0.05) is 70.0 Å². The van der Waals surface area contributed by atoms with E-state index in [1.165, 1.54) is 4.90 Å². The first-order valence-electron chi connectivity index (χ1n) is 13.6. The SMILES string of the molecule is CCCCCOc1ccc(/C(O)=C2/C(=O)C(=O)N(Cc3ccc(OC)cc3)C2c2ccc(C(C)C)cc2)cc1. The normalized spacial score (nSPS) is 16.6. The van der Waals surface area contributed by atoms with Crippen LogP contribution >= 0.6 is 0 Å². The third-order valence-electron chi connectivity index (χ3n) is 7.12. The van der Waals surface area contributed by atoms with Crippen LogP contribution in [0.15, 0.2) is 78.4 Å². The second-order valence-electron chi connectivity index (χ2n) is 10.2. The summed E-state index contributed by atoms with van der Waals surface area (Å²) in [5, 5.41) is 11.4. The quantitative estimate of drug-likeness (QED) is 0.126. The fraction of sp³-hybridized carbons (Fsp3) is 0.333. The lowest BCUT2D eigenvalue weighted by molar-refractivity contribution is -0.140. The number of methoxy groups -OCH3 is 1. The summed E-state index contributed by atoms with van der Waals surface area (Å²) in [4.78, 5) is 28.3. The van der Waals surface area contributed by atoms with Crippen LogP contribution < -0.4 is 9.47 Å². The maximum atomic E-state index is 13.4. The van der Waals surface area contributed by atoms with Crippen molar-refractivity contribution in [2.75, 3.05) is 13.7 Å².